The minimum atomic E-state index is 0.0680. The number of aryl methyl sites for hydroxylation is 2. The first kappa shape index (κ1) is 12.0. The van der Waals surface area contributed by atoms with E-state index < -0.39 is 0 Å². The molecule has 1 saturated heterocycles. The molecule has 1 fully saturated rings. The van der Waals surface area contributed by atoms with Crippen LogP contribution >= 0.6 is 0 Å². The van der Waals surface area contributed by atoms with Gasteiger partial charge in [-0.05, 0) is 26.3 Å². The van der Waals surface area contributed by atoms with Gasteiger partial charge in [0.1, 0.15) is 0 Å². The maximum atomic E-state index is 12.5. The summed E-state index contributed by atoms with van der Waals surface area (Å²) in [5, 5.41) is 11.2. The van der Waals surface area contributed by atoms with Crippen LogP contribution in [0.25, 0.3) is 0 Å². The largest absolute Gasteiger partial charge is 0.336 e. The molecule has 1 aliphatic heterocycles. The van der Waals surface area contributed by atoms with E-state index in [1.165, 1.54) is 0 Å². The van der Waals surface area contributed by atoms with E-state index in [1.807, 2.05) is 35.7 Å². The van der Waals surface area contributed by atoms with Crippen LogP contribution in [0.1, 0.15) is 34.2 Å². The van der Waals surface area contributed by atoms with Gasteiger partial charge in [0.2, 0.25) is 0 Å². The fourth-order valence-electron chi connectivity index (χ4n) is 2.66. The molecule has 0 aliphatic carbocycles. The summed E-state index contributed by atoms with van der Waals surface area (Å²) in [5.41, 5.74) is 2.32. The second-order valence-corrected chi connectivity index (χ2v) is 4.99. The number of aromatic amines is 1. The van der Waals surface area contributed by atoms with Crippen molar-refractivity contribution in [2.75, 3.05) is 13.1 Å². The van der Waals surface area contributed by atoms with Gasteiger partial charge >= 0.3 is 0 Å². The number of nitrogens with one attached hydrogen (secondary N) is 1. The Bertz CT molecular complexity index is 567. The van der Waals surface area contributed by atoms with Crippen LogP contribution in [-0.4, -0.2) is 43.9 Å². The van der Waals surface area contributed by atoms with E-state index in [2.05, 4.69) is 15.3 Å². The van der Waals surface area contributed by atoms with Crippen molar-refractivity contribution >= 4 is 5.91 Å². The molecule has 1 aliphatic rings. The van der Waals surface area contributed by atoms with Crippen molar-refractivity contribution in [2.45, 2.75) is 26.3 Å². The Kier molecular flexibility index (Phi) is 2.85. The zero-order valence-corrected chi connectivity index (χ0v) is 11.1. The molecular weight excluding hydrogens is 242 g/mol. The van der Waals surface area contributed by atoms with Gasteiger partial charge in [-0.3, -0.25) is 14.6 Å². The van der Waals surface area contributed by atoms with Crippen molar-refractivity contribution in [3.05, 3.63) is 35.4 Å². The monoisotopic (exact) mass is 259 g/mol. The first-order valence-corrected chi connectivity index (χ1v) is 6.47. The maximum Gasteiger partial charge on any atom is 0.257 e. The molecule has 100 valence electrons. The molecule has 3 heterocycles. The zero-order valence-electron chi connectivity index (χ0n) is 11.1. The van der Waals surface area contributed by atoms with Crippen molar-refractivity contribution in [1.82, 2.24) is 24.9 Å². The van der Waals surface area contributed by atoms with Gasteiger partial charge in [0.15, 0.2) is 0 Å². The molecule has 6 heteroatoms. The molecule has 1 unspecified atom stereocenters. The highest BCUT2D eigenvalue weighted by Crippen LogP contribution is 2.23. The molecule has 2 aromatic rings. The summed E-state index contributed by atoms with van der Waals surface area (Å²) in [4.78, 5) is 14.4. The summed E-state index contributed by atoms with van der Waals surface area (Å²) >= 11 is 0. The molecule has 0 aromatic carbocycles. The predicted molar refractivity (Wildman–Crippen MR) is 69.8 cm³/mol. The van der Waals surface area contributed by atoms with E-state index in [9.17, 15) is 4.79 Å². The van der Waals surface area contributed by atoms with Crippen LogP contribution in [0.15, 0.2) is 18.5 Å². The lowest BCUT2D eigenvalue weighted by Crippen LogP contribution is -2.30. The van der Waals surface area contributed by atoms with E-state index in [-0.39, 0.29) is 11.9 Å². The number of carbonyl (C=O) groups excluding carboxylic acids is 1. The van der Waals surface area contributed by atoms with Crippen LogP contribution in [0.2, 0.25) is 0 Å². The maximum absolute atomic E-state index is 12.5. The summed E-state index contributed by atoms with van der Waals surface area (Å²) in [5.74, 6) is 0.0680. The van der Waals surface area contributed by atoms with Crippen LogP contribution in [0.4, 0.5) is 0 Å². The van der Waals surface area contributed by atoms with Crippen molar-refractivity contribution in [2.24, 2.45) is 0 Å². The second-order valence-electron chi connectivity index (χ2n) is 4.99. The molecule has 0 spiro atoms. The molecule has 6 nitrogen and oxygen atoms in total. The van der Waals surface area contributed by atoms with E-state index >= 15 is 0 Å². The van der Waals surface area contributed by atoms with Gasteiger partial charge in [0.05, 0.1) is 17.3 Å². The van der Waals surface area contributed by atoms with Crippen LogP contribution in [0, 0.1) is 13.8 Å². The number of carbonyl (C=O) groups is 1. The Morgan fingerprint density at radius 1 is 1.47 bits per heavy atom. The third-order valence-electron chi connectivity index (χ3n) is 3.69. The summed E-state index contributed by atoms with van der Waals surface area (Å²) in [6.45, 7) is 5.23. The molecule has 0 saturated carbocycles. The number of likely N-dealkylation sites (tertiary alicyclic amines) is 1. The molecule has 19 heavy (non-hydrogen) atoms. The van der Waals surface area contributed by atoms with Crippen molar-refractivity contribution in [3.8, 4) is 0 Å². The number of amides is 1. The van der Waals surface area contributed by atoms with Crippen molar-refractivity contribution in [1.29, 1.82) is 0 Å². The fraction of sp³-hybridized carbons (Fsp3) is 0.462. The first-order valence-electron chi connectivity index (χ1n) is 6.47. The van der Waals surface area contributed by atoms with E-state index in [4.69, 9.17) is 0 Å². The van der Waals surface area contributed by atoms with Crippen molar-refractivity contribution in [3.63, 3.8) is 0 Å². The van der Waals surface area contributed by atoms with E-state index in [0.29, 0.717) is 12.1 Å². The van der Waals surface area contributed by atoms with Gasteiger partial charge in [0, 0.05) is 31.2 Å². The molecule has 0 bridgehead atoms. The fourth-order valence-corrected chi connectivity index (χ4v) is 2.66. The standard InChI is InChI=1S/C13H17N5O/c1-9-12(10(2)16-15-9)13(19)17-7-4-11(8-17)18-6-3-5-14-18/h3,5-6,11H,4,7-8H2,1-2H3,(H,15,16). The van der Waals surface area contributed by atoms with Gasteiger partial charge < -0.3 is 4.90 Å². The highest BCUT2D eigenvalue weighted by atomic mass is 16.2. The quantitative estimate of drug-likeness (QED) is 0.884. The molecule has 1 amide bonds. The lowest BCUT2D eigenvalue weighted by atomic mass is 10.2. The lowest BCUT2D eigenvalue weighted by molar-refractivity contribution is 0.0785. The summed E-state index contributed by atoms with van der Waals surface area (Å²) < 4.78 is 1.93. The molecule has 1 N–H and O–H groups in total. The van der Waals surface area contributed by atoms with Gasteiger partial charge in [0.25, 0.3) is 5.91 Å². The third-order valence-corrected chi connectivity index (χ3v) is 3.69. The summed E-state index contributed by atoms with van der Waals surface area (Å²) in [7, 11) is 0. The lowest BCUT2D eigenvalue weighted by Gasteiger charge is -2.16. The Hall–Kier alpha value is -2.11. The number of nitrogens with zero attached hydrogens (tertiary/aromatic N) is 4. The highest BCUT2D eigenvalue weighted by Gasteiger charge is 2.30. The molecule has 0 radical (unpaired) electrons. The minimum absolute atomic E-state index is 0.0680. The Balaban J connectivity index is 1.76. The summed E-state index contributed by atoms with van der Waals surface area (Å²) in [6.07, 6.45) is 4.67. The van der Waals surface area contributed by atoms with Gasteiger partial charge in [-0.1, -0.05) is 0 Å². The highest BCUT2D eigenvalue weighted by molar-refractivity contribution is 5.96. The molecule has 3 rings (SSSR count). The Morgan fingerprint density at radius 3 is 2.95 bits per heavy atom. The average molecular weight is 259 g/mol. The number of hydrogen-bond donors (Lipinski definition) is 1. The van der Waals surface area contributed by atoms with Crippen LogP contribution in [0.3, 0.4) is 0 Å². The Morgan fingerprint density at radius 2 is 2.32 bits per heavy atom. The third kappa shape index (κ3) is 2.03. The normalized spacial score (nSPS) is 19.1. The van der Waals surface area contributed by atoms with E-state index in [1.54, 1.807) is 6.20 Å². The molecule has 1 atom stereocenters. The van der Waals surface area contributed by atoms with Gasteiger partial charge in [-0.2, -0.15) is 10.2 Å². The van der Waals surface area contributed by atoms with Crippen LogP contribution in [0.5, 0.6) is 0 Å². The van der Waals surface area contributed by atoms with Crippen LogP contribution in [-0.2, 0) is 0 Å². The number of rotatable bonds is 2. The number of hydrogen-bond acceptors (Lipinski definition) is 3. The molecule has 2 aromatic heterocycles. The first-order chi connectivity index (χ1) is 9.16. The zero-order chi connectivity index (χ0) is 13.4. The topological polar surface area (TPSA) is 66.8 Å². The predicted octanol–water partition coefficient (Wildman–Crippen LogP) is 1.31. The second kappa shape index (κ2) is 4.53. The van der Waals surface area contributed by atoms with Gasteiger partial charge in [-0.25, -0.2) is 0 Å². The van der Waals surface area contributed by atoms with Crippen LogP contribution < -0.4 is 0 Å². The minimum Gasteiger partial charge on any atom is -0.336 e. The SMILES string of the molecule is Cc1n[nH]c(C)c1C(=O)N1CCC(n2cccn2)C1. The van der Waals surface area contributed by atoms with Gasteiger partial charge in [-0.15, -0.1) is 0 Å². The average Bonchev–Trinajstić information content (AvgIpc) is 3.09. The number of H-pyrrole nitrogens is 1. The Labute approximate surface area is 111 Å². The van der Waals surface area contributed by atoms with Crippen molar-refractivity contribution < 1.29 is 4.79 Å². The molecular formula is C13H17N5O. The summed E-state index contributed by atoms with van der Waals surface area (Å²) in [6, 6.07) is 2.20. The smallest absolute Gasteiger partial charge is 0.257 e. The van der Waals surface area contributed by atoms with E-state index in [0.717, 1.165) is 24.4 Å². The number of aromatic nitrogens is 4.